The van der Waals surface area contributed by atoms with Crippen molar-refractivity contribution in [2.75, 3.05) is 17.2 Å². The first kappa shape index (κ1) is 13.2. The van der Waals surface area contributed by atoms with E-state index < -0.39 is 0 Å². The Bertz CT molecular complexity index is 346. The highest BCUT2D eigenvalue weighted by molar-refractivity contribution is 9.10. The van der Waals surface area contributed by atoms with Crippen LogP contribution >= 0.6 is 15.9 Å². The quantitative estimate of drug-likeness (QED) is 0.892. The van der Waals surface area contributed by atoms with Gasteiger partial charge in [-0.3, -0.25) is 0 Å². The molecule has 0 saturated heterocycles. The summed E-state index contributed by atoms with van der Waals surface area (Å²) < 4.78 is 0.887. The normalized spacial score (nSPS) is 11.3. The second kappa shape index (κ2) is 5.48. The molecule has 0 radical (unpaired) electrons. The van der Waals surface area contributed by atoms with Gasteiger partial charge >= 0.3 is 0 Å². The summed E-state index contributed by atoms with van der Waals surface area (Å²) in [6.45, 7) is 9.32. The van der Waals surface area contributed by atoms with Crippen LogP contribution in [0.3, 0.4) is 0 Å². The molecule has 2 N–H and O–H groups in total. The highest BCUT2D eigenvalue weighted by Crippen LogP contribution is 2.28. The summed E-state index contributed by atoms with van der Waals surface area (Å²) in [4.78, 5) is 8.42. The monoisotopic (exact) mass is 286 g/mol. The molecule has 0 aliphatic heterocycles. The molecule has 4 nitrogen and oxygen atoms in total. The number of halogens is 1. The van der Waals surface area contributed by atoms with Crippen LogP contribution in [0.25, 0.3) is 0 Å². The van der Waals surface area contributed by atoms with Crippen molar-refractivity contribution in [1.29, 1.82) is 0 Å². The highest BCUT2D eigenvalue weighted by Gasteiger charge is 2.14. The van der Waals surface area contributed by atoms with Crippen molar-refractivity contribution in [3.8, 4) is 0 Å². The second-order valence-electron chi connectivity index (χ2n) is 4.69. The van der Waals surface area contributed by atoms with Gasteiger partial charge in [0.2, 0.25) is 0 Å². The van der Waals surface area contributed by atoms with Crippen LogP contribution in [-0.4, -0.2) is 22.1 Å². The Morgan fingerprint density at radius 1 is 1.25 bits per heavy atom. The van der Waals surface area contributed by atoms with Crippen molar-refractivity contribution in [1.82, 2.24) is 9.97 Å². The van der Waals surface area contributed by atoms with Gasteiger partial charge in [0.05, 0.1) is 0 Å². The number of rotatable bonds is 4. The Hall–Kier alpha value is -0.840. The van der Waals surface area contributed by atoms with Crippen LogP contribution in [0.1, 0.15) is 34.1 Å². The molecule has 0 aromatic carbocycles. The number of nitrogens with zero attached hydrogens (tertiary/aromatic N) is 2. The van der Waals surface area contributed by atoms with E-state index in [1.165, 1.54) is 0 Å². The highest BCUT2D eigenvalue weighted by atomic mass is 79.9. The number of aromatic nitrogens is 2. The first-order valence-corrected chi connectivity index (χ1v) is 6.26. The fourth-order valence-corrected chi connectivity index (χ4v) is 1.62. The fourth-order valence-electron chi connectivity index (χ4n) is 1.18. The number of nitrogens with one attached hydrogen (secondary N) is 2. The summed E-state index contributed by atoms with van der Waals surface area (Å²) in [5.41, 5.74) is -0.0150. The fraction of sp³-hybridized carbons (Fsp3) is 0.636. The van der Waals surface area contributed by atoms with E-state index in [0.29, 0.717) is 0 Å². The van der Waals surface area contributed by atoms with Gasteiger partial charge in [0, 0.05) is 12.1 Å². The predicted molar refractivity (Wildman–Crippen MR) is 71.9 cm³/mol. The van der Waals surface area contributed by atoms with Crippen LogP contribution in [0.5, 0.6) is 0 Å². The maximum Gasteiger partial charge on any atom is 0.146 e. The molecule has 0 unspecified atom stereocenters. The van der Waals surface area contributed by atoms with E-state index in [9.17, 15) is 0 Å². The summed E-state index contributed by atoms with van der Waals surface area (Å²) in [6, 6.07) is 0. The lowest BCUT2D eigenvalue weighted by molar-refractivity contribution is 0.629. The molecule has 0 amide bonds. The predicted octanol–water partition coefficient (Wildman–Crippen LogP) is 3.27. The van der Waals surface area contributed by atoms with Gasteiger partial charge in [-0.1, -0.05) is 6.92 Å². The summed E-state index contributed by atoms with van der Waals surface area (Å²) in [5.74, 6) is 1.66. The van der Waals surface area contributed by atoms with Gasteiger partial charge in [0.25, 0.3) is 0 Å². The summed E-state index contributed by atoms with van der Waals surface area (Å²) >= 11 is 3.51. The van der Waals surface area contributed by atoms with Gasteiger partial charge in [0.15, 0.2) is 0 Å². The Morgan fingerprint density at radius 3 is 2.44 bits per heavy atom. The van der Waals surface area contributed by atoms with Crippen LogP contribution in [-0.2, 0) is 0 Å². The zero-order chi connectivity index (χ0) is 12.2. The molecule has 0 spiro atoms. The maximum atomic E-state index is 4.22. The second-order valence-corrected chi connectivity index (χ2v) is 5.48. The van der Waals surface area contributed by atoms with E-state index in [1.807, 2.05) is 0 Å². The third-order valence-electron chi connectivity index (χ3n) is 1.83. The lowest BCUT2D eigenvalue weighted by Gasteiger charge is -2.22. The molecule has 1 aromatic heterocycles. The van der Waals surface area contributed by atoms with Crippen molar-refractivity contribution in [3.63, 3.8) is 0 Å². The zero-order valence-electron chi connectivity index (χ0n) is 10.3. The van der Waals surface area contributed by atoms with Crippen LogP contribution in [0.15, 0.2) is 10.8 Å². The van der Waals surface area contributed by atoms with Crippen molar-refractivity contribution >= 4 is 27.6 Å². The van der Waals surface area contributed by atoms with Crippen LogP contribution in [0.4, 0.5) is 11.6 Å². The first-order chi connectivity index (χ1) is 7.44. The summed E-state index contributed by atoms with van der Waals surface area (Å²) in [6.07, 6.45) is 2.63. The molecule has 0 bridgehead atoms. The molecule has 1 rings (SSSR count). The largest absolute Gasteiger partial charge is 0.369 e. The SMILES string of the molecule is CCCNc1ncnc(NC(C)(C)C)c1Br. The van der Waals surface area contributed by atoms with E-state index in [4.69, 9.17) is 0 Å². The van der Waals surface area contributed by atoms with E-state index in [2.05, 4.69) is 64.2 Å². The lowest BCUT2D eigenvalue weighted by atomic mass is 10.1. The molecular weight excluding hydrogens is 268 g/mol. The number of hydrogen-bond acceptors (Lipinski definition) is 4. The van der Waals surface area contributed by atoms with Gasteiger partial charge in [-0.2, -0.15) is 0 Å². The standard InChI is InChI=1S/C11H19BrN4/c1-5-6-13-9-8(12)10(15-7-14-9)16-11(2,3)4/h7H,5-6H2,1-4H3,(H2,13,14,15,16). The van der Waals surface area contributed by atoms with E-state index in [0.717, 1.165) is 29.1 Å². The maximum absolute atomic E-state index is 4.22. The molecule has 90 valence electrons. The summed E-state index contributed by atoms with van der Waals surface area (Å²) in [7, 11) is 0. The zero-order valence-corrected chi connectivity index (χ0v) is 11.8. The average molecular weight is 287 g/mol. The van der Waals surface area contributed by atoms with Gasteiger partial charge in [-0.15, -0.1) is 0 Å². The molecule has 16 heavy (non-hydrogen) atoms. The molecule has 1 heterocycles. The molecule has 0 saturated carbocycles. The first-order valence-electron chi connectivity index (χ1n) is 5.46. The van der Waals surface area contributed by atoms with Gasteiger partial charge in [0.1, 0.15) is 22.4 Å². The van der Waals surface area contributed by atoms with E-state index >= 15 is 0 Å². The minimum absolute atomic E-state index is 0.0150. The minimum atomic E-state index is -0.0150. The van der Waals surface area contributed by atoms with Gasteiger partial charge < -0.3 is 10.6 Å². The minimum Gasteiger partial charge on any atom is -0.369 e. The Kier molecular flexibility index (Phi) is 4.53. The molecule has 0 aliphatic rings. The molecule has 0 fully saturated rings. The van der Waals surface area contributed by atoms with E-state index in [-0.39, 0.29) is 5.54 Å². The smallest absolute Gasteiger partial charge is 0.146 e. The topological polar surface area (TPSA) is 49.8 Å². The van der Waals surface area contributed by atoms with Gasteiger partial charge in [-0.05, 0) is 43.1 Å². The summed E-state index contributed by atoms with van der Waals surface area (Å²) in [5, 5.41) is 6.58. The van der Waals surface area contributed by atoms with Crippen LogP contribution in [0.2, 0.25) is 0 Å². The van der Waals surface area contributed by atoms with Crippen molar-refractivity contribution in [3.05, 3.63) is 10.8 Å². The Morgan fingerprint density at radius 2 is 1.88 bits per heavy atom. The van der Waals surface area contributed by atoms with Crippen LogP contribution < -0.4 is 10.6 Å². The molecule has 0 aliphatic carbocycles. The third-order valence-corrected chi connectivity index (χ3v) is 2.58. The van der Waals surface area contributed by atoms with Gasteiger partial charge in [-0.25, -0.2) is 9.97 Å². The van der Waals surface area contributed by atoms with Crippen molar-refractivity contribution in [2.24, 2.45) is 0 Å². The molecule has 0 atom stereocenters. The van der Waals surface area contributed by atoms with Crippen molar-refractivity contribution in [2.45, 2.75) is 39.7 Å². The lowest BCUT2D eigenvalue weighted by Crippen LogP contribution is -2.27. The Labute approximate surface area is 105 Å². The molecular formula is C11H19BrN4. The third kappa shape index (κ3) is 3.96. The van der Waals surface area contributed by atoms with Crippen molar-refractivity contribution < 1.29 is 0 Å². The van der Waals surface area contributed by atoms with E-state index in [1.54, 1.807) is 6.33 Å². The number of hydrogen-bond donors (Lipinski definition) is 2. The average Bonchev–Trinajstić information content (AvgIpc) is 2.17. The Balaban J connectivity index is 2.86. The number of anilines is 2. The molecule has 5 heteroatoms. The molecule has 1 aromatic rings. The van der Waals surface area contributed by atoms with Crippen LogP contribution in [0, 0.1) is 0 Å².